The smallest absolute Gasteiger partial charge is 0.328 e. The average molecular weight is 418 g/mol. The van der Waals surface area contributed by atoms with Crippen LogP contribution in [0.5, 0.6) is 5.75 Å². The van der Waals surface area contributed by atoms with E-state index in [1.54, 1.807) is 7.11 Å². The molecule has 0 bridgehead atoms. The van der Waals surface area contributed by atoms with Crippen LogP contribution in [0.15, 0.2) is 84.9 Å². The molecule has 5 nitrogen and oxygen atoms in total. The van der Waals surface area contributed by atoms with Crippen molar-refractivity contribution in [3.8, 4) is 5.75 Å². The Morgan fingerprint density at radius 1 is 0.871 bits per heavy atom. The molecule has 0 radical (unpaired) electrons. The van der Waals surface area contributed by atoms with Gasteiger partial charge in [0.05, 0.1) is 19.6 Å². The number of hydrogen-bond acceptors (Lipinski definition) is 4. The second kappa shape index (κ2) is 9.94. The van der Waals surface area contributed by atoms with Gasteiger partial charge < -0.3 is 14.8 Å². The second-order valence-corrected chi connectivity index (χ2v) is 7.46. The fraction of sp³-hybridized carbons (Fsp3) is 0.231. The zero-order chi connectivity index (χ0) is 22.3. The summed E-state index contributed by atoms with van der Waals surface area (Å²) in [6.45, 7) is 1.87. The molecule has 0 heterocycles. The summed E-state index contributed by atoms with van der Waals surface area (Å²) >= 11 is 0. The number of ether oxygens (including phenoxy) is 2. The second-order valence-electron chi connectivity index (χ2n) is 7.46. The predicted octanol–water partition coefficient (Wildman–Crippen LogP) is 3.90. The van der Waals surface area contributed by atoms with Crippen LogP contribution >= 0.6 is 0 Å². The lowest BCUT2D eigenvalue weighted by Gasteiger charge is -2.31. The highest BCUT2D eigenvalue weighted by atomic mass is 16.5. The van der Waals surface area contributed by atoms with Crippen LogP contribution in [0, 0.1) is 0 Å². The maximum Gasteiger partial charge on any atom is 0.328 e. The lowest BCUT2D eigenvalue weighted by Crippen LogP contribution is -2.51. The molecule has 5 heteroatoms. The molecule has 0 unspecified atom stereocenters. The van der Waals surface area contributed by atoms with Crippen LogP contribution in [-0.4, -0.2) is 32.1 Å². The summed E-state index contributed by atoms with van der Waals surface area (Å²) in [5.41, 5.74) is 1.55. The standard InChI is InChI=1S/C26H27NO4/c1-26(20-12-6-4-7-13-20,21-14-8-5-9-15-21)25(29)27-23(24(28)31-3)18-19-11-10-16-22(17-19)30-2/h4-17,23H,18H2,1-3H3,(H,27,29)/t23-/m0/s1. The third kappa shape index (κ3) is 4.94. The van der Waals surface area contributed by atoms with E-state index in [2.05, 4.69) is 5.32 Å². The van der Waals surface area contributed by atoms with Gasteiger partial charge in [0, 0.05) is 6.42 Å². The van der Waals surface area contributed by atoms with Crippen molar-refractivity contribution in [1.29, 1.82) is 0 Å². The molecule has 0 saturated carbocycles. The van der Waals surface area contributed by atoms with Crippen molar-refractivity contribution in [2.75, 3.05) is 14.2 Å². The Hall–Kier alpha value is -3.60. The average Bonchev–Trinajstić information content (AvgIpc) is 2.83. The van der Waals surface area contributed by atoms with Crippen LogP contribution < -0.4 is 10.1 Å². The molecule has 0 aliphatic heterocycles. The van der Waals surface area contributed by atoms with E-state index in [1.807, 2.05) is 91.9 Å². The third-order valence-electron chi connectivity index (χ3n) is 5.52. The summed E-state index contributed by atoms with van der Waals surface area (Å²) in [7, 11) is 2.91. The van der Waals surface area contributed by atoms with Gasteiger partial charge in [-0.25, -0.2) is 4.79 Å². The number of hydrogen-bond donors (Lipinski definition) is 1. The Balaban J connectivity index is 1.94. The van der Waals surface area contributed by atoms with E-state index >= 15 is 0 Å². The molecular formula is C26H27NO4. The van der Waals surface area contributed by atoms with Crippen LogP contribution in [0.25, 0.3) is 0 Å². The quantitative estimate of drug-likeness (QED) is 0.565. The number of benzene rings is 3. The predicted molar refractivity (Wildman–Crippen MR) is 120 cm³/mol. The first kappa shape index (κ1) is 22.1. The lowest BCUT2D eigenvalue weighted by molar-refractivity contribution is -0.145. The molecule has 3 aromatic carbocycles. The van der Waals surface area contributed by atoms with E-state index in [0.29, 0.717) is 5.75 Å². The molecule has 3 aromatic rings. The highest BCUT2D eigenvalue weighted by Gasteiger charge is 2.39. The summed E-state index contributed by atoms with van der Waals surface area (Å²) in [4.78, 5) is 26.2. The molecule has 1 amide bonds. The van der Waals surface area contributed by atoms with Crippen molar-refractivity contribution in [3.63, 3.8) is 0 Å². The van der Waals surface area contributed by atoms with Crippen molar-refractivity contribution in [3.05, 3.63) is 102 Å². The van der Waals surface area contributed by atoms with Gasteiger partial charge >= 0.3 is 5.97 Å². The van der Waals surface area contributed by atoms with E-state index < -0.39 is 17.4 Å². The molecule has 0 saturated heterocycles. The van der Waals surface area contributed by atoms with Gasteiger partial charge in [0.15, 0.2) is 0 Å². The largest absolute Gasteiger partial charge is 0.497 e. The number of carbonyl (C=O) groups is 2. The van der Waals surface area contributed by atoms with Gasteiger partial charge in [-0.1, -0.05) is 72.8 Å². The van der Waals surface area contributed by atoms with Crippen molar-refractivity contribution < 1.29 is 19.1 Å². The van der Waals surface area contributed by atoms with Crippen LogP contribution in [0.1, 0.15) is 23.6 Å². The molecular weight excluding hydrogens is 390 g/mol. The van der Waals surface area contributed by atoms with Gasteiger partial charge in [-0.3, -0.25) is 4.79 Å². The maximum atomic E-state index is 13.7. The lowest BCUT2D eigenvalue weighted by atomic mass is 9.75. The summed E-state index contributed by atoms with van der Waals surface area (Å²) in [6.07, 6.45) is 0.287. The number of methoxy groups -OCH3 is 2. The number of carbonyl (C=O) groups excluding carboxylic acids is 2. The highest BCUT2D eigenvalue weighted by molar-refractivity contribution is 5.94. The van der Waals surface area contributed by atoms with Crippen molar-refractivity contribution in [2.45, 2.75) is 24.8 Å². The van der Waals surface area contributed by atoms with E-state index in [1.165, 1.54) is 7.11 Å². The highest BCUT2D eigenvalue weighted by Crippen LogP contribution is 2.32. The molecule has 0 aliphatic carbocycles. The molecule has 1 atom stereocenters. The zero-order valence-corrected chi connectivity index (χ0v) is 18.0. The summed E-state index contributed by atoms with van der Waals surface area (Å²) in [5.74, 6) is -0.0892. The Labute approximate surface area is 183 Å². The van der Waals surface area contributed by atoms with Crippen molar-refractivity contribution >= 4 is 11.9 Å². The third-order valence-corrected chi connectivity index (χ3v) is 5.52. The molecule has 1 N–H and O–H groups in total. The first-order valence-corrected chi connectivity index (χ1v) is 10.1. The van der Waals surface area contributed by atoms with E-state index in [4.69, 9.17) is 9.47 Å². The molecule has 0 aliphatic rings. The van der Waals surface area contributed by atoms with E-state index in [0.717, 1.165) is 16.7 Å². The Morgan fingerprint density at radius 3 is 1.97 bits per heavy atom. The summed E-state index contributed by atoms with van der Waals surface area (Å²) in [6, 6.07) is 25.7. The van der Waals surface area contributed by atoms with Crippen molar-refractivity contribution in [1.82, 2.24) is 5.32 Å². The first-order valence-electron chi connectivity index (χ1n) is 10.1. The van der Waals surface area contributed by atoms with E-state index in [9.17, 15) is 9.59 Å². The Bertz CT molecular complexity index is 978. The van der Waals surface area contributed by atoms with Gasteiger partial charge in [0.2, 0.25) is 5.91 Å². The number of nitrogens with one attached hydrogen (secondary N) is 1. The molecule has 0 spiro atoms. The Morgan fingerprint density at radius 2 is 1.45 bits per heavy atom. The topological polar surface area (TPSA) is 64.6 Å². The van der Waals surface area contributed by atoms with Crippen LogP contribution in [0.2, 0.25) is 0 Å². The van der Waals surface area contributed by atoms with Gasteiger partial charge in [-0.15, -0.1) is 0 Å². The van der Waals surface area contributed by atoms with Crippen LogP contribution in [-0.2, 0) is 26.2 Å². The molecule has 3 rings (SSSR count). The SMILES string of the molecule is COC(=O)[C@H](Cc1cccc(OC)c1)NC(=O)C(C)(c1ccccc1)c1ccccc1. The van der Waals surface area contributed by atoms with Crippen LogP contribution in [0.3, 0.4) is 0 Å². The maximum absolute atomic E-state index is 13.7. The van der Waals surface area contributed by atoms with E-state index in [-0.39, 0.29) is 12.3 Å². The minimum atomic E-state index is -0.983. The molecule has 0 fully saturated rings. The van der Waals surface area contributed by atoms with Gasteiger partial charge in [0.1, 0.15) is 11.8 Å². The fourth-order valence-electron chi connectivity index (χ4n) is 3.65. The monoisotopic (exact) mass is 417 g/mol. The minimum Gasteiger partial charge on any atom is -0.497 e. The van der Waals surface area contributed by atoms with Gasteiger partial charge in [-0.05, 0) is 35.7 Å². The van der Waals surface area contributed by atoms with Gasteiger partial charge in [0.25, 0.3) is 0 Å². The summed E-state index contributed by atoms with van der Waals surface area (Å²) < 4.78 is 10.3. The number of amides is 1. The molecule has 0 aromatic heterocycles. The number of rotatable bonds is 8. The van der Waals surface area contributed by atoms with Crippen molar-refractivity contribution in [2.24, 2.45) is 0 Å². The minimum absolute atomic E-state index is 0.275. The fourth-order valence-corrected chi connectivity index (χ4v) is 3.65. The zero-order valence-electron chi connectivity index (χ0n) is 18.0. The number of esters is 1. The summed E-state index contributed by atoms with van der Waals surface area (Å²) in [5, 5.41) is 2.94. The molecule has 31 heavy (non-hydrogen) atoms. The normalized spacial score (nSPS) is 12.0. The Kier molecular flexibility index (Phi) is 7.08. The molecule has 160 valence electrons. The first-order chi connectivity index (χ1) is 15.0. The van der Waals surface area contributed by atoms with Crippen LogP contribution in [0.4, 0.5) is 0 Å². The van der Waals surface area contributed by atoms with Gasteiger partial charge in [-0.2, -0.15) is 0 Å².